The molecule has 0 atom stereocenters. The van der Waals surface area contributed by atoms with Crippen LogP contribution in [0.1, 0.15) is 27.3 Å². The lowest BCUT2D eigenvalue weighted by Crippen LogP contribution is -2.19. The molecular weight excluding hydrogens is 306 g/mol. The number of H-pyrrole nitrogens is 1. The lowest BCUT2D eigenvalue weighted by Gasteiger charge is -2.10. The second kappa shape index (κ2) is 5.77. The fraction of sp³-hybridized carbons (Fsp3) is 0.176. The van der Waals surface area contributed by atoms with Crippen LogP contribution in [-0.4, -0.2) is 25.7 Å². The third-order valence-corrected chi connectivity index (χ3v) is 3.88. The van der Waals surface area contributed by atoms with E-state index >= 15 is 0 Å². The zero-order valence-corrected chi connectivity index (χ0v) is 13.6. The van der Waals surface area contributed by atoms with Crippen LogP contribution in [0.2, 0.25) is 0 Å². The SMILES string of the molecule is Cc1cc(-c2ccccc2C(N)=O)n(-c2nc(C)c(C)c(=O)[nH]2)n1. The molecule has 7 heteroatoms. The number of nitrogens with zero attached hydrogens (tertiary/aromatic N) is 3. The molecule has 24 heavy (non-hydrogen) atoms. The maximum Gasteiger partial charge on any atom is 0.255 e. The van der Waals surface area contributed by atoms with Crippen LogP contribution in [0.15, 0.2) is 35.1 Å². The minimum atomic E-state index is -0.530. The van der Waals surface area contributed by atoms with Gasteiger partial charge in [-0.25, -0.2) is 4.98 Å². The maximum absolute atomic E-state index is 12.1. The van der Waals surface area contributed by atoms with Crippen LogP contribution in [0, 0.1) is 20.8 Å². The Morgan fingerprint density at radius 2 is 1.92 bits per heavy atom. The number of aromatic nitrogens is 4. The van der Waals surface area contributed by atoms with Crippen LogP contribution in [-0.2, 0) is 0 Å². The highest BCUT2D eigenvalue weighted by Crippen LogP contribution is 2.26. The van der Waals surface area contributed by atoms with E-state index in [1.807, 2.05) is 19.1 Å². The van der Waals surface area contributed by atoms with E-state index in [-0.39, 0.29) is 5.56 Å². The van der Waals surface area contributed by atoms with E-state index in [0.717, 1.165) is 5.69 Å². The van der Waals surface area contributed by atoms with Crippen molar-refractivity contribution in [3.8, 4) is 17.2 Å². The largest absolute Gasteiger partial charge is 0.366 e. The van der Waals surface area contributed by atoms with Crippen LogP contribution in [0.5, 0.6) is 0 Å². The van der Waals surface area contributed by atoms with E-state index in [1.165, 1.54) is 4.68 Å². The number of hydrogen-bond donors (Lipinski definition) is 2. The summed E-state index contributed by atoms with van der Waals surface area (Å²) in [4.78, 5) is 30.9. The number of rotatable bonds is 3. The highest BCUT2D eigenvalue weighted by Gasteiger charge is 2.17. The molecule has 0 spiro atoms. The highest BCUT2D eigenvalue weighted by atomic mass is 16.1. The van der Waals surface area contributed by atoms with Crippen LogP contribution < -0.4 is 11.3 Å². The zero-order chi connectivity index (χ0) is 17.4. The van der Waals surface area contributed by atoms with Gasteiger partial charge in [-0.2, -0.15) is 9.78 Å². The Bertz CT molecular complexity index is 1000. The summed E-state index contributed by atoms with van der Waals surface area (Å²) in [7, 11) is 0. The van der Waals surface area contributed by atoms with Gasteiger partial charge in [-0.05, 0) is 32.9 Å². The molecular formula is C17H17N5O2. The Kier molecular flexibility index (Phi) is 3.76. The normalized spacial score (nSPS) is 10.8. The second-order valence-electron chi connectivity index (χ2n) is 5.59. The topological polar surface area (TPSA) is 107 Å². The monoisotopic (exact) mass is 323 g/mol. The number of carbonyl (C=O) groups is 1. The Morgan fingerprint density at radius 3 is 2.58 bits per heavy atom. The number of aromatic amines is 1. The first-order valence-electron chi connectivity index (χ1n) is 7.42. The van der Waals surface area contributed by atoms with Crippen molar-refractivity contribution in [2.75, 3.05) is 0 Å². The molecule has 1 aromatic carbocycles. The summed E-state index contributed by atoms with van der Waals surface area (Å²) in [5.74, 6) is -0.233. The fourth-order valence-electron chi connectivity index (χ4n) is 2.50. The molecule has 0 aliphatic carbocycles. The third kappa shape index (κ3) is 2.60. The summed E-state index contributed by atoms with van der Waals surface area (Å²) in [6, 6.07) is 8.81. The van der Waals surface area contributed by atoms with Crippen LogP contribution in [0.3, 0.4) is 0 Å². The van der Waals surface area contributed by atoms with Crippen molar-refractivity contribution in [3.63, 3.8) is 0 Å². The van der Waals surface area contributed by atoms with Crippen molar-refractivity contribution < 1.29 is 4.79 Å². The number of primary amides is 1. The molecule has 0 radical (unpaired) electrons. The minimum absolute atomic E-state index is 0.222. The maximum atomic E-state index is 12.1. The molecule has 0 fully saturated rings. The molecule has 0 saturated heterocycles. The van der Waals surface area contributed by atoms with E-state index in [2.05, 4.69) is 15.1 Å². The number of carbonyl (C=O) groups excluding carboxylic acids is 1. The first kappa shape index (κ1) is 15.7. The quantitative estimate of drug-likeness (QED) is 0.764. The summed E-state index contributed by atoms with van der Waals surface area (Å²) in [6.07, 6.45) is 0. The van der Waals surface area contributed by atoms with E-state index in [1.54, 1.807) is 32.0 Å². The van der Waals surface area contributed by atoms with Crippen LogP contribution in [0.25, 0.3) is 17.2 Å². The van der Waals surface area contributed by atoms with Crippen molar-refractivity contribution in [3.05, 3.63) is 63.2 Å². The summed E-state index contributed by atoms with van der Waals surface area (Å²) in [5, 5.41) is 4.40. The molecule has 7 nitrogen and oxygen atoms in total. The number of nitrogens with one attached hydrogen (secondary N) is 1. The van der Waals surface area contributed by atoms with Gasteiger partial charge in [-0.3, -0.25) is 14.6 Å². The first-order chi connectivity index (χ1) is 11.4. The molecule has 0 bridgehead atoms. The fourth-order valence-corrected chi connectivity index (χ4v) is 2.50. The van der Waals surface area contributed by atoms with E-state index in [0.29, 0.717) is 34.0 Å². The lowest BCUT2D eigenvalue weighted by atomic mass is 10.0. The minimum Gasteiger partial charge on any atom is -0.366 e. The molecule has 0 unspecified atom stereocenters. The summed E-state index contributed by atoms with van der Waals surface area (Å²) in [5.41, 5.74) is 8.80. The summed E-state index contributed by atoms with van der Waals surface area (Å²) in [6.45, 7) is 5.30. The molecule has 1 amide bonds. The summed E-state index contributed by atoms with van der Waals surface area (Å²) >= 11 is 0. The molecule has 0 saturated carbocycles. The van der Waals surface area contributed by atoms with Gasteiger partial charge in [-0.15, -0.1) is 0 Å². The Morgan fingerprint density at radius 1 is 1.21 bits per heavy atom. The molecule has 2 aromatic heterocycles. The van der Waals surface area contributed by atoms with Gasteiger partial charge in [0.1, 0.15) is 0 Å². The van der Waals surface area contributed by atoms with E-state index in [9.17, 15) is 9.59 Å². The van der Waals surface area contributed by atoms with Gasteiger partial charge in [0.05, 0.1) is 11.4 Å². The van der Waals surface area contributed by atoms with Crippen molar-refractivity contribution in [1.29, 1.82) is 0 Å². The molecule has 2 heterocycles. The average Bonchev–Trinajstić information content (AvgIpc) is 2.94. The zero-order valence-electron chi connectivity index (χ0n) is 13.6. The third-order valence-electron chi connectivity index (χ3n) is 3.88. The molecule has 0 aliphatic rings. The van der Waals surface area contributed by atoms with Gasteiger partial charge in [0.25, 0.3) is 5.56 Å². The van der Waals surface area contributed by atoms with Crippen molar-refractivity contribution >= 4 is 5.91 Å². The van der Waals surface area contributed by atoms with Gasteiger partial charge >= 0.3 is 0 Å². The highest BCUT2D eigenvalue weighted by molar-refractivity contribution is 5.99. The van der Waals surface area contributed by atoms with Crippen molar-refractivity contribution in [2.24, 2.45) is 5.73 Å². The predicted molar refractivity (Wildman–Crippen MR) is 90.1 cm³/mol. The Labute approximate surface area is 138 Å². The van der Waals surface area contributed by atoms with Gasteiger partial charge < -0.3 is 5.73 Å². The van der Waals surface area contributed by atoms with Crippen molar-refractivity contribution in [1.82, 2.24) is 19.7 Å². The number of aryl methyl sites for hydroxylation is 2. The van der Waals surface area contributed by atoms with E-state index < -0.39 is 5.91 Å². The summed E-state index contributed by atoms with van der Waals surface area (Å²) < 4.78 is 1.52. The number of hydrogen-bond acceptors (Lipinski definition) is 4. The lowest BCUT2D eigenvalue weighted by molar-refractivity contribution is 0.100. The number of amides is 1. The standard InChI is InChI=1S/C17H17N5O2/c1-9-8-14(12-6-4-5-7-13(12)15(18)23)22(21-9)17-19-11(3)10(2)16(24)20-17/h4-8H,1-3H3,(H2,18,23)(H,19,20,24). The van der Waals surface area contributed by atoms with Crippen LogP contribution >= 0.6 is 0 Å². The number of nitrogens with two attached hydrogens (primary N) is 1. The van der Waals surface area contributed by atoms with Gasteiger partial charge in [0.2, 0.25) is 11.9 Å². The molecule has 3 N–H and O–H groups in total. The smallest absolute Gasteiger partial charge is 0.255 e. The molecule has 3 aromatic rings. The van der Waals surface area contributed by atoms with E-state index in [4.69, 9.17) is 5.73 Å². The molecule has 122 valence electrons. The first-order valence-corrected chi connectivity index (χ1v) is 7.42. The molecule has 3 rings (SSSR count). The Hall–Kier alpha value is -3.22. The predicted octanol–water partition coefficient (Wildman–Crippen LogP) is 1.65. The average molecular weight is 323 g/mol. The van der Waals surface area contributed by atoms with Gasteiger partial charge in [-0.1, -0.05) is 18.2 Å². The molecule has 0 aliphatic heterocycles. The van der Waals surface area contributed by atoms with Crippen molar-refractivity contribution in [2.45, 2.75) is 20.8 Å². The second-order valence-corrected chi connectivity index (χ2v) is 5.59. The van der Waals surface area contributed by atoms with Gasteiger partial charge in [0.15, 0.2) is 0 Å². The van der Waals surface area contributed by atoms with Gasteiger partial charge in [0, 0.05) is 22.4 Å². The number of benzene rings is 1. The van der Waals surface area contributed by atoms with Crippen LogP contribution in [0.4, 0.5) is 0 Å². The Balaban J connectivity index is 2.28.